The van der Waals surface area contributed by atoms with Gasteiger partial charge in [0.1, 0.15) is 5.15 Å². The highest BCUT2D eigenvalue weighted by molar-refractivity contribution is 6.36. The zero-order valence-corrected chi connectivity index (χ0v) is 23.1. The summed E-state index contributed by atoms with van der Waals surface area (Å²) in [7, 11) is 1.80. The number of carbonyl (C=O) groups excluding carboxylic acids is 2. The first kappa shape index (κ1) is 27.0. The number of rotatable bonds is 9. The first-order valence-corrected chi connectivity index (χ1v) is 13.9. The molecule has 1 aliphatic heterocycles. The fourth-order valence-corrected chi connectivity index (χ4v) is 6.52. The van der Waals surface area contributed by atoms with Crippen LogP contribution < -0.4 is 10.6 Å². The van der Waals surface area contributed by atoms with Gasteiger partial charge in [-0.3, -0.25) is 9.59 Å². The highest BCUT2D eigenvalue weighted by Gasteiger charge is 2.35. The van der Waals surface area contributed by atoms with Crippen LogP contribution in [0.1, 0.15) is 69.2 Å². The highest BCUT2D eigenvalue weighted by Crippen LogP contribution is 2.36. The zero-order valence-electron chi connectivity index (χ0n) is 21.6. The lowest BCUT2D eigenvalue weighted by atomic mass is 9.82. The van der Waals surface area contributed by atoms with Gasteiger partial charge in [-0.25, -0.2) is 0 Å². The number of hydrogen-bond acceptors (Lipinski definition) is 4. The summed E-state index contributed by atoms with van der Waals surface area (Å²) in [6.45, 7) is 9.51. The molecule has 2 fully saturated rings. The van der Waals surface area contributed by atoms with E-state index < -0.39 is 0 Å². The molecule has 3 atom stereocenters. The minimum absolute atomic E-state index is 0.00685. The normalized spacial score (nSPS) is 20.5. The Bertz CT molecular complexity index is 1140. The lowest BCUT2D eigenvalue weighted by Gasteiger charge is -2.39. The molecule has 1 saturated carbocycles. The maximum absolute atomic E-state index is 12.9. The molecule has 0 radical (unpaired) electrons. The summed E-state index contributed by atoms with van der Waals surface area (Å²) in [6.07, 6.45) is 7.89. The number of carbonyl (C=O) groups is 2. The summed E-state index contributed by atoms with van der Waals surface area (Å²) < 4.78 is 2.04. The van der Waals surface area contributed by atoms with Crippen LogP contribution in [0.3, 0.4) is 0 Å². The molecule has 2 aromatic rings. The van der Waals surface area contributed by atoms with Gasteiger partial charge in [-0.2, -0.15) is 0 Å². The second kappa shape index (κ2) is 11.6. The molecule has 8 heteroatoms. The SMILES string of the molecule is C=C(C(NC(=O)C(C)NC)C1CCCCC1)N1CCCC1Cn1c(Cl)c(C(C)=O)c2cc(Cl)ccc21. The van der Waals surface area contributed by atoms with Crippen LogP contribution in [0.2, 0.25) is 10.2 Å². The minimum Gasteiger partial charge on any atom is -0.369 e. The Morgan fingerprint density at radius 2 is 1.86 bits per heavy atom. The van der Waals surface area contributed by atoms with Gasteiger partial charge < -0.3 is 20.1 Å². The van der Waals surface area contributed by atoms with Crippen LogP contribution in [0.15, 0.2) is 30.5 Å². The molecule has 36 heavy (non-hydrogen) atoms. The van der Waals surface area contributed by atoms with E-state index in [-0.39, 0.29) is 29.8 Å². The number of nitrogens with zero attached hydrogens (tertiary/aromatic N) is 2. The molecule has 2 N–H and O–H groups in total. The topological polar surface area (TPSA) is 66.4 Å². The fourth-order valence-electron chi connectivity index (χ4n) is 5.95. The smallest absolute Gasteiger partial charge is 0.237 e. The number of halogens is 2. The van der Waals surface area contributed by atoms with E-state index in [1.807, 2.05) is 29.7 Å². The molecular formula is C28H38Cl2N4O2. The van der Waals surface area contributed by atoms with E-state index in [0.717, 1.165) is 48.8 Å². The van der Waals surface area contributed by atoms with Crippen molar-refractivity contribution in [3.63, 3.8) is 0 Å². The third kappa shape index (κ3) is 5.46. The van der Waals surface area contributed by atoms with Crippen LogP contribution in [-0.4, -0.2) is 52.9 Å². The summed E-state index contributed by atoms with van der Waals surface area (Å²) in [5.41, 5.74) is 2.42. The van der Waals surface area contributed by atoms with Gasteiger partial charge in [0.15, 0.2) is 5.78 Å². The molecular weight excluding hydrogens is 495 g/mol. The van der Waals surface area contributed by atoms with E-state index >= 15 is 0 Å². The monoisotopic (exact) mass is 532 g/mol. The van der Waals surface area contributed by atoms with E-state index in [9.17, 15) is 9.59 Å². The van der Waals surface area contributed by atoms with Crippen molar-refractivity contribution in [2.24, 2.45) is 5.92 Å². The van der Waals surface area contributed by atoms with E-state index in [4.69, 9.17) is 23.2 Å². The number of aromatic nitrogens is 1. The van der Waals surface area contributed by atoms with Gasteiger partial charge in [0.25, 0.3) is 0 Å². The second-order valence-electron chi connectivity index (χ2n) is 10.4. The van der Waals surface area contributed by atoms with Crippen molar-refractivity contribution < 1.29 is 9.59 Å². The van der Waals surface area contributed by atoms with Crippen LogP contribution in [0.25, 0.3) is 10.9 Å². The maximum Gasteiger partial charge on any atom is 0.237 e. The quantitative estimate of drug-likeness (QED) is 0.400. The zero-order chi connectivity index (χ0) is 26.0. The minimum atomic E-state index is -0.264. The van der Waals surface area contributed by atoms with Crippen molar-refractivity contribution >= 4 is 45.8 Å². The molecule has 3 unspecified atom stereocenters. The Morgan fingerprint density at radius 3 is 2.53 bits per heavy atom. The predicted octanol–water partition coefficient (Wildman–Crippen LogP) is 5.80. The van der Waals surface area contributed by atoms with Gasteiger partial charge >= 0.3 is 0 Å². The standard InChI is InChI=1S/C28H38Cl2N4O2/c1-17(31-4)28(36)32-26(20-9-6-5-7-10-20)18(2)33-14-8-11-22(33)16-34-24-13-12-21(29)15-23(24)25(19(3)35)27(34)30/h12-13,15,17,20,22,26,31H,2,5-11,14,16H2,1,3-4H3,(H,32,36). The van der Waals surface area contributed by atoms with Crippen LogP contribution >= 0.6 is 23.2 Å². The van der Waals surface area contributed by atoms with Crippen molar-refractivity contribution in [2.45, 2.75) is 83.5 Å². The average Bonchev–Trinajstić information content (AvgIpc) is 3.44. The number of benzene rings is 1. The second-order valence-corrected chi connectivity index (χ2v) is 11.2. The molecule has 1 saturated heterocycles. The highest BCUT2D eigenvalue weighted by atomic mass is 35.5. The molecule has 0 spiro atoms. The Balaban J connectivity index is 1.62. The van der Waals surface area contributed by atoms with Crippen LogP contribution in [0.5, 0.6) is 0 Å². The summed E-state index contributed by atoms with van der Waals surface area (Å²) in [4.78, 5) is 27.7. The molecule has 1 aliphatic carbocycles. The number of hydrogen-bond donors (Lipinski definition) is 2. The molecule has 0 bridgehead atoms. The Hall–Kier alpha value is -2.02. The van der Waals surface area contributed by atoms with Crippen molar-refractivity contribution in [1.82, 2.24) is 20.1 Å². The molecule has 196 valence electrons. The number of amides is 1. The average molecular weight is 534 g/mol. The summed E-state index contributed by atoms with van der Waals surface area (Å²) in [5, 5.41) is 8.21. The van der Waals surface area contributed by atoms with E-state index in [2.05, 4.69) is 22.1 Å². The third-order valence-corrected chi connectivity index (χ3v) is 8.69. The van der Waals surface area contributed by atoms with Gasteiger partial charge in [0.05, 0.1) is 23.2 Å². The number of fused-ring (bicyclic) bond motifs is 1. The van der Waals surface area contributed by atoms with Crippen LogP contribution in [0, 0.1) is 5.92 Å². The molecule has 1 aromatic heterocycles. The third-order valence-electron chi connectivity index (χ3n) is 8.06. The molecule has 4 rings (SSSR count). The van der Waals surface area contributed by atoms with Gasteiger partial charge in [-0.1, -0.05) is 49.0 Å². The number of likely N-dealkylation sites (tertiary alicyclic amines) is 1. The van der Waals surface area contributed by atoms with Crippen LogP contribution in [-0.2, 0) is 11.3 Å². The molecule has 2 heterocycles. The van der Waals surface area contributed by atoms with Crippen molar-refractivity contribution in [3.05, 3.63) is 46.2 Å². The fraction of sp³-hybridized carbons (Fsp3) is 0.571. The molecule has 1 amide bonds. The first-order chi connectivity index (χ1) is 17.2. The van der Waals surface area contributed by atoms with Gasteiger partial charge in [0.2, 0.25) is 5.91 Å². The van der Waals surface area contributed by atoms with Crippen molar-refractivity contribution in [3.8, 4) is 0 Å². The molecule has 6 nitrogen and oxygen atoms in total. The Kier molecular flexibility index (Phi) is 8.69. The lowest BCUT2D eigenvalue weighted by Crippen LogP contribution is -2.52. The Morgan fingerprint density at radius 1 is 1.14 bits per heavy atom. The maximum atomic E-state index is 12.9. The van der Waals surface area contributed by atoms with E-state index in [1.165, 1.54) is 19.3 Å². The van der Waals surface area contributed by atoms with Gasteiger partial charge in [-0.15, -0.1) is 0 Å². The number of ketones is 1. The van der Waals surface area contributed by atoms with Crippen LogP contribution in [0.4, 0.5) is 0 Å². The van der Waals surface area contributed by atoms with Crippen molar-refractivity contribution in [1.29, 1.82) is 0 Å². The summed E-state index contributed by atoms with van der Waals surface area (Å²) >= 11 is 13.1. The van der Waals surface area contributed by atoms with Crippen molar-refractivity contribution in [2.75, 3.05) is 13.6 Å². The number of likely N-dealkylation sites (N-methyl/N-ethyl adjacent to an activating group) is 1. The number of Topliss-reactive ketones (excluding diaryl/α,β-unsaturated/α-hetero) is 1. The largest absolute Gasteiger partial charge is 0.369 e. The summed E-state index contributed by atoms with van der Waals surface area (Å²) in [6, 6.07) is 5.42. The lowest BCUT2D eigenvalue weighted by molar-refractivity contribution is -0.123. The first-order valence-electron chi connectivity index (χ1n) is 13.1. The molecule has 2 aliphatic rings. The number of nitrogens with one attached hydrogen (secondary N) is 2. The molecule has 1 aromatic carbocycles. The van der Waals surface area contributed by atoms with E-state index in [1.54, 1.807) is 14.0 Å². The summed E-state index contributed by atoms with van der Waals surface area (Å²) in [5.74, 6) is 0.327. The predicted molar refractivity (Wildman–Crippen MR) is 148 cm³/mol. The van der Waals surface area contributed by atoms with Gasteiger partial charge in [-0.05, 0) is 70.7 Å². The van der Waals surface area contributed by atoms with Gasteiger partial charge in [0, 0.05) is 35.2 Å². The van der Waals surface area contributed by atoms with E-state index in [0.29, 0.717) is 28.2 Å². The Labute approximate surface area is 224 Å².